The fourth-order valence-electron chi connectivity index (χ4n) is 3.32. The first kappa shape index (κ1) is 12.3. The molecule has 0 bridgehead atoms. The van der Waals surface area contributed by atoms with E-state index in [2.05, 4.69) is 40.7 Å². The number of hydrogen-bond donors (Lipinski definition) is 2. The Kier molecular flexibility index (Phi) is 2.53. The van der Waals surface area contributed by atoms with Gasteiger partial charge in [-0.05, 0) is 24.6 Å². The minimum Gasteiger partial charge on any atom is -0.306 e. The first-order valence-corrected chi connectivity index (χ1v) is 7.08. The van der Waals surface area contributed by atoms with Crippen molar-refractivity contribution in [1.82, 2.24) is 15.2 Å². The zero-order valence-corrected chi connectivity index (χ0v) is 11.8. The number of aryl methyl sites for hydroxylation is 1. The molecule has 106 valence electrons. The van der Waals surface area contributed by atoms with Crippen LogP contribution < -0.4 is 10.6 Å². The quantitative estimate of drug-likeness (QED) is 0.840. The number of fused-ring (bicyclic) bond motifs is 3. The minimum atomic E-state index is -0.662. The Balaban J connectivity index is 2.01. The van der Waals surface area contributed by atoms with Crippen molar-refractivity contribution in [3.05, 3.63) is 59.4 Å². The predicted octanol–water partition coefficient (Wildman–Crippen LogP) is 2.04. The van der Waals surface area contributed by atoms with Crippen LogP contribution in [0.25, 0.3) is 0 Å². The summed E-state index contributed by atoms with van der Waals surface area (Å²) in [6.07, 6.45) is 1.77. The number of benzene rings is 1. The SMILES string of the molecule is Cc1cccc(C23NCCN2C(=O)Nc2cccnc23)c1. The number of pyridine rings is 1. The molecule has 0 saturated carbocycles. The number of rotatable bonds is 1. The maximum Gasteiger partial charge on any atom is 0.324 e. The van der Waals surface area contributed by atoms with Gasteiger partial charge >= 0.3 is 6.03 Å². The topological polar surface area (TPSA) is 57.3 Å². The van der Waals surface area contributed by atoms with E-state index in [1.165, 1.54) is 5.56 Å². The molecule has 21 heavy (non-hydrogen) atoms. The number of anilines is 1. The van der Waals surface area contributed by atoms with Crippen LogP contribution in [0.4, 0.5) is 10.5 Å². The first-order chi connectivity index (χ1) is 10.2. The summed E-state index contributed by atoms with van der Waals surface area (Å²) in [4.78, 5) is 18.8. The number of nitrogens with one attached hydrogen (secondary N) is 2. The Hall–Kier alpha value is -2.40. The normalized spacial score (nSPS) is 23.5. The number of nitrogens with zero attached hydrogens (tertiary/aromatic N) is 2. The van der Waals surface area contributed by atoms with Gasteiger partial charge in [-0.1, -0.05) is 29.8 Å². The largest absolute Gasteiger partial charge is 0.324 e. The summed E-state index contributed by atoms with van der Waals surface area (Å²) >= 11 is 0. The number of carbonyl (C=O) groups excluding carboxylic acids is 1. The van der Waals surface area contributed by atoms with Crippen LogP contribution in [0.1, 0.15) is 16.8 Å². The molecule has 0 spiro atoms. The first-order valence-electron chi connectivity index (χ1n) is 7.08. The van der Waals surface area contributed by atoms with Gasteiger partial charge in [0.15, 0.2) is 5.66 Å². The van der Waals surface area contributed by atoms with Crippen molar-refractivity contribution in [2.24, 2.45) is 0 Å². The van der Waals surface area contributed by atoms with Crippen molar-refractivity contribution >= 4 is 11.7 Å². The third kappa shape index (κ3) is 1.61. The summed E-state index contributed by atoms with van der Waals surface area (Å²) in [5, 5.41) is 6.43. The second kappa shape index (κ2) is 4.30. The molecule has 3 heterocycles. The summed E-state index contributed by atoms with van der Waals surface area (Å²) in [7, 11) is 0. The highest BCUT2D eigenvalue weighted by molar-refractivity contribution is 5.94. The maximum atomic E-state index is 12.4. The molecule has 2 aromatic rings. The molecule has 1 aromatic heterocycles. The van der Waals surface area contributed by atoms with Crippen LogP contribution in [-0.2, 0) is 5.66 Å². The highest BCUT2D eigenvalue weighted by Gasteiger charge is 2.51. The molecule has 1 atom stereocenters. The van der Waals surface area contributed by atoms with Gasteiger partial charge in [0, 0.05) is 19.3 Å². The van der Waals surface area contributed by atoms with Crippen LogP contribution in [-0.4, -0.2) is 29.0 Å². The molecule has 2 amide bonds. The van der Waals surface area contributed by atoms with Gasteiger partial charge in [0.1, 0.15) is 5.69 Å². The molecule has 0 radical (unpaired) electrons. The van der Waals surface area contributed by atoms with E-state index >= 15 is 0 Å². The third-order valence-corrected chi connectivity index (χ3v) is 4.19. The van der Waals surface area contributed by atoms with E-state index in [0.717, 1.165) is 23.5 Å². The van der Waals surface area contributed by atoms with Gasteiger partial charge in [0.2, 0.25) is 0 Å². The molecular weight excluding hydrogens is 264 g/mol. The lowest BCUT2D eigenvalue weighted by atomic mass is 9.91. The van der Waals surface area contributed by atoms with Crippen molar-refractivity contribution in [3.63, 3.8) is 0 Å². The molecular formula is C16H16N4O. The van der Waals surface area contributed by atoms with Crippen molar-refractivity contribution in [2.75, 3.05) is 18.4 Å². The van der Waals surface area contributed by atoms with Gasteiger partial charge in [0.25, 0.3) is 0 Å². The molecule has 0 aliphatic carbocycles. The average Bonchev–Trinajstić information content (AvgIpc) is 2.94. The van der Waals surface area contributed by atoms with Gasteiger partial charge < -0.3 is 5.32 Å². The van der Waals surface area contributed by atoms with Crippen molar-refractivity contribution < 1.29 is 4.79 Å². The Morgan fingerprint density at radius 3 is 3.05 bits per heavy atom. The van der Waals surface area contributed by atoms with E-state index < -0.39 is 5.66 Å². The zero-order valence-electron chi connectivity index (χ0n) is 11.8. The van der Waals surface area contributed by atoms with Gasteiger partial charge in [-0.2, -0.15) is 0 Å². The molecule has 4 rings (SSSR count). The summed E-state index contributed by atoms with van der Waals surface area (Å²) in [5.41, 5.74) is 3.18. The third-order valence-electron chi connectivity index (χ3n) is 4.19. The smallest absolute Gasteiger partial charge is 0.306 e. The molecule has 5 heteroatoms. The average molecular weight is 280 g/mol. The van der Waals surface area contributed by atoms with E-state index in [1.54, 1.807) is 6.20 Å². The molecule has 1 aromatic carbocycles. The monoisotopic (exact) mass is 280 g/mol. The molecule has 1 fully saturated rings. The summed E-state index contributed by atoms with van der Waals surface area (Å²) < 4.78 is 0. The molecule has 2 aliphatic rings. The summed E-state index contributed by atoms with van der Waals surface area (Å²) in [5.74, 6) is 0. The number of urea groups is 1. The number of amides is 2. The van der Waals surface area contributed by atoms with Crippen molar-refractivity contribution in [3.8, 4) is 0 Å². The number of hydrogen-bond acceptors (Lipinski definition) is 3. The van der Waals surface area contributed by atoms with E-state index in [4.69, 9.17) is 0 Å². The van der Waals surface area contributed by atoms with Crippen LogP contribution in [0.15, 0.2) is 42.6 Å². The minimum absolute atomic E-state index is 0.0815. The van der Waals surface area contributed by atoms with Crippen molar-refractivity contribution in [1.29, 1.82) is 0 Å². The summed E-state index contributed by atoms with van der Waals surface area (Å²) in [6.45, 7) is 3.47. The Morgan fingerprint density at radius 1 is 1.29 bits per heavy atom. The van der Waals surface area contributed by atoms with E-state index in [1.807, 2.05) is 23.1 Å². The molecule has 2 N–H and O–H groups in total. The van der Waals surface area contributed by atoms with Crippen LogP contribution in [0.3, 0.4) is 0 Å². The van der Waals surface area contributed by atoms with E-state index in [9.17, 15) is 4.79 Å². The standard InChI is InChI=1S/C16H16N4O/c1-11-4-2-5-12(10-11)16-14-13(6-3-7-17-14)19-15(21)20(16)9-8-18-16/h2-7,10,18H,8-9H2,1H3,(H,19,21). The van der Waals surface area contributed by atoms with E-state index in [-0.39, 0.29) is 6.03 Å². The van der Waals surface area contributed by atoms with Crippen LogP contribution in [0.2, 0.25) is 0 Å². The lowest BCUT2D eigenvalue weighted by Gasteiger charge is -2.42. The maximum absolute atomic E-state index is 12.4. The Labute approximate surface area is 123 Å². The van der Waals surface area contributed by atoms with Crippen LogP contribution in [0, 0.1) is 6.92 Å². The van der Waals surface area contributed by atoms with Gasteiger partial charge in [-0.25, -0.2) is 4.79 Å². The predicted molar refractivity (Wildman–Crippen MR) is 79.9 cm³/mol. The molecule has 1 unspecified atom stereocenters. The fourth-order valence-corrected chi connectivity index (χ4v) is 3.32. The Bertz CT molecular complexity index is 730. The van der Waals surface area contributed by atoms with Gasteiger partial charge in [-0.15, -0.1) is 0 Å². The molecule has 5 nitrogen and oxygen atoms in total. The van der Waals surface area contributed by atoms with Gasteiger partial charge in [-0.3, -0.25) is 15.2 Å². The van der Waals surface area contributed by atoms with Crippen LogP contribution in [0.5, 0.6) is 0 Å². The molecule has 1 saturated heterocycles. The second-order valence-corrected chi connectivity index (χ2v) is 5.49. The van der Waals surface area contributed by atoms with Gasteiger partial charge in [0.05, 0.1) is 5.69 Å². The lowest BCUT2D eigenvalue weighted by molar-refractivity contribution is 0.162. The fraction of sp³-hybridized carbons (Fsp3) is 0.250. The zero-order chi connectivity index (χ0) is 14.4. The molecule has 2 aliphatic heterocycles. The highest BCUT2D eigenvalue weighted by Crippen LogP contribution is 2.41. The van der Waals surface area contributed by atoms with E-state index in [0.29, 0.717) is 6.54 Å². The number of aromatic nitrogens is 1. The summed E-state index contributed by atoms with van der Waals surface area (Å²) in [6, 6.07) is 11.9. The van der Waals surface area contributed by atoms with Crippen molar-refractivity contribution in [2.45, 2.75) is 12.6 Å². The van der Waals surface area contributed by atoms with Crippen LogP contribution >= 0.6 is 0 Å². The lowest BCUT2D eigenvalue weighted by Crippen LogP contribution is -2.57. The Morgan fingerprint density at radius 2 is 2.19 bits per heavy atom. The highest BCUT2D eigenvalue weighted by atomic mass is 16.2. The number of carbonyl (C=O) groups is 1. The second-order valence-electron chi connectivity index (χ2n) is 5.49.